The fourth-order valence-corrected chi connectivity index (χ4v) is 11.4. The summed E-state index contributed by atoms with van der Waals surface area (Å²) in [4.78, 5) is 13.6. The van der Waals surface area contributed by atoms with Crippen molar-refractivity contribution in [2.75, 3.05) is 25.6 Å². The monoisotopic (exact) mass is 881 g/mol. The normalized spacial score (nSPS) is 14.0. The Morgan fingerprint density at radius 3 is 1.22 bits per heavy atom. The van der Waals surface area contributed by atoms with Gasteiger partial charge in [-0.25, -0.2) is 21.6 Å². The standard InChI is InChI=1S/C50H92N2O6S2/c1-6-9-12-15-17-19-21-23-25-26-28-30-32-34-36-38-41-44-48(43-40-37-35-33-31-29-27-24-22-20-18-16-13-10-7-2)49(52(59(4,55)56)60(5,57)58)45-47-51(50(53)54)46-42-39-14-11-8-3/h11,14,17-20,23-25,27,48-49H,6-10,12-13,15-16,21-22,26,28-47H2,1-5H3,(H,53,54). The zero-order valence-corrected chi connectivity index (χ0v) is 40.9. The molecule has 0 aromatic heterocycles. The first-order valence-electron chi connectivity index (χ1n) is 24.3. The van der Waals surface area contributed by atoms with Crippen molar-refractivity contribution in [1.29, 1.82) is 0 Å². The average molecular weight is 881 g/mol. The molecule has 0 aromatic rings. The number of rotatable bonds is 42. The maximum absolute atomic E-state index is 13.2. The molecular formula is C50H92N2O6S2. The zero-order valence-electron chi connectivity index (χ0n) is 39.3. The number of carboxylic acid groups (broad SMARTS) is 1. The Bertz CT molecular complexity index is 1350. The van der Waals surface area contributed by atoms with Crippen LogP contribution in [0.4, 0.5) is 4.79 Å². The van der Waals surface area contributed by atoms with Gasteiger partial charge in [0.25, 0.3) is 0 Å². The van der Waals surface area contributed by atoms with Crippen LogP contribution in [0, 0.1) is 5.92 Å². The lowest BCUT2D eigenvalue weighted by atomic mass is 9.86. The summed E-state index contributed by atoms with van der Waals surface area (Å²) in [6.45, 7) is 6.92. The quantitative estimate of drug-likeness (QED) is 0.0483. The van der Waals surface area contributed by atoms with Crippen molar-refractivity contribution < 1.29 is 26.7 Å². The van der Waals surface area contributed by atoms with E-state index >= 15 is 0 Å². The Balaban J connectivity index is 5.43. The van der Waals surface area contributed by atoms with Crippen LogP contribution in [0.15, 0.2) is 60.8 Å². The molecule has 8 nitrogen and oxygen atoms in total. The Hall–Kier alpha value is -2.17. The van der Waals surface area contributed by atoms with Crippen molar-refractivity contribution >= 4 is 26.1 Å². The van der Waals surface area contributed by atoms with Gasteiger partial charge in [0.2, 0.25) is 20.0 Å². The number of hydrogen-bond donors (Lipinski definition) is 1. The second-order valence-corrected chi connectivity index (χ2v) is 20.9. The Kier molecular flexibility index (Phi) is 38.2. The molecule has 0 aliphatic rings. The molecule has 0 saturated carbocycles. The summed E-state index contributed by atoms with van der Waals surface area (Å²) in [5.41, 5.74) is 0. The van der Waals surface area contributed by atoms with Crippen LogP contribution in [0.1, 0.15) is 213 Å². The van der Waals surface area contributed by atoms with E-state index in [0.29, 0.717) is 19.4 Å². The van der Waals surface area contributed by atoms with E-state index < -0.39 is 32.2 Å². The van der Waals surface area contributed by atoms with E-state index in [1.165, 1.54) is 75.5 Å². The van der Waals surface area contributed by atoms with E-state index in [9.17, 15) is 26.7 Å². The molecular weight excluding hydrogens is 789 g/mol. The van der Waals surface area contributed by atoms with Crippen LogP contribution in [-0.2, 0) is 20.0 Å². The molecule has 0 aliphatic heterocycles. The maximum atomic E-state index is 13.2. The van der Waals surface area contributed by atoms with Crippen molar-refractivity contribution in [3.63, 3.8) is 0 Å². The smallest absolute Gasteiger partial charge is 0.407 e. The molecule has 2 atom stereocenters. The van der Waals surface area contributed by atoms with Crippen LogP contribution in [0.5, 0.6) is 0 Å². The number of sulfonamides is 2. The van der Waals surface area contributed by atoms with E-state index in [1.807, 2.05) is 6.08 Å². The molecule has 0 fully saturated rings. The fourth-order valence-electron chi connectivity index (χ4n) is 7.85. The van der Waals surface area contributed by atoms with E-state index in [2.05, 4.69) is 75.5 Å². The third-order valence-corrected chi connectivity index (χ3v) is 14.7. The highest BCUT2D eigenvalue weighted by atomic mass is 32.3. The average Bonchev–Trinajstić information content (AvgIpc) is 3.19. The van der Waals surface area contributed by atoms with Crippen LogP contribution in [0.25, 0.3) is 0 Å². The maximum Gasteiger partial charge on any atom is 0.407 e. The Morgan fingerprint density at radius 2 is 0.833 bits per heavy atom. The molecule has 0 spiro atoms. The molecule has 60 heavy (non-hydrogen) atoms. The molecule has 0 heterocycles. The third kappa shape index (κ3) is 34.4. The van der Waals surface area contributed by atoms with Gasteiger partial charge in [0, 0.05) is 19.1 Å². The van der Waals surface area contributed by atoms with Gasteiger partial charge in [-0.15, -0.1) is 0 Å². The number of nitrogens with zero attached hydrogens (tertiary/aromatic N) is 2. The highest BCUT2D eigenvalue weighted by Crippen LogP contribution is 2.31. The minimum atomic E-state index is -4.13. The van der Waals surface area contributed by atoms with Gasteiger partial charge < -0.3 is 10.0 Å². The topological polar surface area (TPSA) is 112 Å². The molecule has 0 saturated heterocycles. The predicted octanol–water partition coefficient (Wildman–Crippen LogP) is 14.7. The second-order valence-electron chi connectivity index (χ2n) is 16.9. The second kappa shape index (κ2) is 39.7. The number of unbranched alkanes of at least 4 members (excludes halogenated alkanes) is 19. The molecule has 0 aromatic carbocycles. The predicted molar refractivity (Wildman–Crippen MR) is 260 cm³/mol. The Morgan fingerprint density at radius 1 is 0.467 bits per heavy atom. The first-order chi connectivity index (χ1) is 28.9. The number of carbonyl (C=O) groups is 1. The van der Waals surface area contributed by atoms with E-state index in [4.69, 9.17) is 0 Å². The molecule has 1 N–H and O–H groups in total. The van der Waals surface area contributed by atoms with Gasteiger partial charge in [-0.3, -0.25) is 0 Å². The van der Waals surface area contributed by atoms with Gasteiger partial charge in [0.05, 0.1) is 12.5 Å². The molecule has 2 unspecified atom stereocenters. The highest BCUT2D eigenvalue weighted by molar-refractivity contribution is 8.03. The SMILES string of the molecule is CCC=CCCCN(CCC(C(CCCCCCCC=CCC=CCCCCC)CCCCCCCCCC=CCC=CCCCCC)N(S(C)(=O)=O)S(C)(=O)=O)C(=O)O. The van der Waals surface area contributed by atoms with Crippen LogP contribution >= 0.6 is 0 Å². The first kappa shape index (κ1) is 57.8. The number of amides is 1. The van der Waals surface area contributed by atoms with Crippen LogP contribution in [-0.4, -0.2) is 68.3 Å². The summed E-state index contributed by atoms with van der Waals surface area (Å²) in [5.74, 6) is -0.187. The van der Waals surface area contributed by atoms with Gasteiger partial charge in [-0.1, -0.05) is 175 Å². The highest BCUT2D eigenvalue weighted by Gasteiger charge is 2.39. The molecule has 0 aliphatic carbocycles. The third-order valence-electron chi connectivity index (χ3n) is 11.2. The summed E-state index contributed by atoms with van der Waals surface area (Å²) in [6.07, 6.45) is 54.3. The van der Waals surface area contributed by atoms with E-state index in [0.717, 1.165) is 119 Å². The lowest BCUT2D eigenvalue weighted by Crippen LogP contribution is -2.49. The molecule has 0 rings (SSSR count). The van der Waals surface area contributed by atoms with Gasteiger partial charge in [0.15, 0.2) is 0 Å². The summed E-state index contributed by atoms with van der Waals surface area (Å²) < 4.78 is 53.6. The fraction of sp³-hybridized carbons (Fsp3) is 0.780. The van der Waals surface area contributed by atoms with Crippen molar-refractivity contribution in [3.8, 4) is 0 Å². The first-order valence-corrected chi connectivity index (χ1v) is 28.0. The molecule has 350 valence electrons. The van der Waals surface area contributed by atoms with Crippen molar-refractivity contribution in [2.24, 2.45) is 5.92 Å². The van der Waals surface area contributed by atoms with Crippen molar-refractivity contribution in [1.82, 2.24) is 8.61 Å². The number of hydrogen-bond acceptors (Lipinski definition) is 5. The summed E-state index contributed by atoms with van der Waals surface area (Å²) >= 11 is 0. The van der Waals surface area contributed by atoms with E-state index in [1.54, 1.807) is 0 Å². The van der Waals surface area contributed by atoms with E-state index in [-0.39, 0.29) is 18.9 Å². The van der Waals surface area contributed by atoms with Crippen molar-refractivity contribution in [3.05, 3.63) is 60.8 Å². The zero-order chi connectivity index (χ0) is 44.6. The Labute approximate surface area is 371 Å². The van der Waals surface area contributed by atoms with Crippen LogP contribution < -0.4 is 0 Å². The van der Waals surface area contributed by atoms with Gasteiger partial charge in [0.1, 0.15) is 0 Å². The molecule has 1 amide bonds. The lowest BCUT2D eigenvalue weighted by Gasteiger charge is -2.35. The van der Waals surface area contributed by atoms with Gasteiger partial charge in [-0.05, 0) is 109 Å². The minimum absolute atomic E-state index is 0.0859. The van der Waals surface area contributed by atoms with Crippen LogP contribution in [0.3, 0.4) is 0 Å². The van der Waals surface area contributed by atoms with Gasteiger partial charge >= 0.3 is 6.09 Å². The molecule has 0 bridgehead atoms. The molecule has 10 heteroatoms. The number of allylic oxidation sites excluding steroid dienone is 10. The largest absolute Gasteiger partial charge is 0.465 e. The van der Waals surface area contributed by atoms with Crippen molar-refractivity contribution in [2.45, 2.75) is 219 Å². The molecule has 0 radical (unpaired) electrons. The van der Waals surface area contributed by atoms with Crippen LogP contribution in [0.2, 0.25) is 0 Å². The lowest BCUT2D eigenvalue weighted by molar-refractivity contribution is 0.137. The summed E-state index contributed by atoms with van der Waals surface area (Å²) in [7, 11) is -8.26. The minimum Gasteiger partial charge on any atom is -0.465 e. The summed E-state index contributed by atoms with van der Waals surface area (Å²) in [5, 5.41) is 10.0. The van der Waals surface area contributed by atoms with Gasteiger partial charge in [-0.2, -0.15) is 0 Å². The summed E-state index contributed by atoms with van der Waals surface area (Å²) in [6, 6.07) is -0.827.